The molecule has 0 aromatic carbocycles. The molecule has 0 aliphatic rings. The van der Waals surface area contributed by atoms with Crippen LogP contribution in [0.25, 0.3) is 0 Å². The highest BCUT2D eigenvalue weighted by atomic mass is 16.1. The summed E-state index contributed by atoms with van der Waals surface area (Å²) < 4.78 is 0. The summed E-state index contributed by atoms with van der Waals surface area (Å²) in [6.45, 7) is 9.84. The number of hydrogen-bond donors (Lipinski definition) is 2. The minimum absolute atomic E-state index is 0.0452. The second-order valence-corrected chi connectivity index (χ2v) is 5.59. The van der Waals surface area contributed by atoms with Crippen LogP contribution < -0.4 is 11.3 Å². The lowest BCUT2D eigenvalue weighted by atomic mass is 9.89. The van der Waals surface area contributed by atoms with Gasteiger partial charge in [0.2, 0.25) is 0 Å². The summed E-state index contributed by atoms with van der Waals surface area (Å²) in [6.07, 6.45) is 0. The van der Waals surface area contributed by atoms with E-state index in [0.29, 0.717) is 5.56 Å². The molecule has 0 atom stereocenters. The number of aromatic nitrogens is 1. The molecule has 84 valence electrons. The summed E-state index contributed by atoms with van der Waals surface area (Å²) in [5.41, 5.74) is 6.72. The van der Waals surface area contributed by atoms with Crippen LogP contribution in [-0.2, 0) is 11.0 Å². The van der Waals surface area contributed by atoms with E-state index in [1.165, 1.54) is 0 Å². The third kappa shape index (κ3) is 2.69. The van der Waals surface area contributed by atoms with Crippen molar-refractivity contribution in [2.45, 2.75) is 45.6 Å². The van der Waals surface area contributed by atoms with Crippen molar-refractivity contribution in [1.82, 2.24) is 4.98 Å². The van der Waals surface area contributed by atoms with Gasteiger partial charge in [0.05, 0.1) is 0 Å². The average Bonchev–Trinajstić information content (AvgIpc) is 1.99. The Kier molecular flexibility index (Phi) is 2.79. The number of H-pyrrole nitrogens is 1. The lowest BCUT2D eigenvalue weighted by molar-refractivity contribution is 0.533. The number of hydrogen-bond acceptors (Lipinski definition) is 2. The van der Waals surface area contributed by atoms with Crippen molar-refractivity contribution in [1.29, 1.82) is 0 Å². The minimum atomic E-state index is -0.593. The van der Waals surface area contributed by atoms with Gasteiger partial charge in [-0.1, -0.05) is 20.8 Å². The Morgan fingerprint density at radius 2 is 1.67 bits per heavy atom. The molecule has 0 saturated carbocycles. The van der Waals surface area contributed by atoms with Gasteiger partial charge in [0.15, 0.2) is 0 Å². The molecule has 1 rings (SSSR count). The Morgan fingerprint density at radius 3 is 2.00 bits per heavy atom. The molecule has 0 fully saturated rings. The Bertz CT molecular complexity index is 405. The van der Waals surface area contributed by atoms with E-state index in [0.717, 1.165) is 5.69 Å². The monoisotopic (exact) mass is 208 g/mol. The topological polar surface area (TPSA) is 58.9 Å². The van der Waals surface area contributed by atoms with Gasteiger partial charge in [-0.2, -0.15) is 0 Å². The standard InChI is InChI=1S/C12H20N2O/c1-11(2,3)9-7-6-8(10(15)14-9)12(4,5)13/h6-7H,13H2,1-5H3,(H,14,15). The fourth-order valence-electron chi connectivity index (χ4n) is 1.42. The maximum atomic E-state index is 11.8. The predicted molar refractivity (Wildman–Crippen MR) is 63.0 cm³/mol. The summed E-state index contributed by atoms with van der Waals surface area (Å²) >= 11 is 0. The molecule has 0 aliphatic heterocycles. The van der Waals surface area contributed by atoms with Crippen molar-refractivity contribution in [3.05, 3.63) is 33.7 Å². The van der Waals surface area contributed by atoms with Gasteiger partial charge >= 0.3 is 0 Å². The van der Waals surface area contributed by atoms with Gasteiger partial charge in [0.25, 0.3) is 5.56 Å². The SMILES string of the molecule is CC(C)(C)c1ccc(C(C)(C)N)c(=O)[nH]1. The maximum absolute atomic E-state index is 11.8. The fourth-order valence-corrected chi connectivity index (χ4v) is 1.42. The minimum Gasteiger partial charge on any atom is -0.325 e. The van der Waals surface area contributed by atoms with Crippen LogP contribution in [0.15, 0.2) is 16.9 Å². The molecular formula is C12H20N2O. The number of nitrogens with two attached hydrogens (primary N) is 1. The average molecular weight is 208 g/mol. The Morgan fingerprint density at radius 1 is 1.13 bits per heavy atom. The van der Waals surface area contributed by atoms with Crippen molar-refractivity contribution < 1.29 is 0 Å². The Labute approximate surface area is 90.7 Å². The summed E-state index contributed by atoms with van der Waals surface area (Å²) in [5, 5.41) is 0. The van der Waals surface area contributed by atoms with E-state index in [9.17, 15) is 4.79 Å². The molecule has 1 heterocycles. The molecule has 3 nitrogen and oxygen atoms in total. The van der Waals surface area contributed by atoms with Crippen LogP contribution in [0.1, 0.15) is 45.9 Å². The van der Waals surface area contributed by atoms with Gasteiger partial charge in [-0.25, -0.2) is 0 Å². The molecule has 0 bridgehead atoms. The molecule has 0 aliphatic carbocycles. The van der Waals surface area contributed by atoms with E-state index in [4.69, 9.17) is 5.73 Å². The third-order valence-corrected chi connectivity index (χ3v) is 2.41. The van der Waals surface area contributed by atoms with Gasteiger partial charge in [-0.3, -0.25) is 4.79 Å². The molecule has 0 unspecified atom stereocenters. The largest absolute Gasteiger partial charge is 0.325 e. The van der Waals surface area contributed by atoms with Crippen LogP contribution in [0.4, 0.5) is 0 Å². The second kappa shape index (κ2) is 3.49. The molecule has 0 amide bonds. The van der Waals surface area contributed by atoms with Crippen LogP contribution in [0, 0.1) is 0 Å². The van der Waals surface area contributed by atoms with Crippen LogP contribution in [0.3, 0.4) is 0 Å². The van der Waals surface area contributed by atoms with Crippen LogP contribution in [0.5, 0.6) is 0 Å². The highest BCUT2D eigenvalue weighted by molar-refractivity contribution is 5.23. The molecule has 0 saturated heterocycles. The summed E-state index contributed by atoms with van der Waals surface area (Å²) in [5.74, 6) is 0. The van der Waals surface area contributed by atoms with Gasteiger partial charge in [0, 0.05) is 22.2 Å². The number of rotatable bonds is 1. The van der Waals surface area contributed by atoms with E-state index in [-0.39, 0.29) is 11.0 Å². The smallest absolute Gasteiger partial charge is 0.253 e. The third-order valence-electron chi connectivity index (χ3n) is 2.41. The van der Waals surface area contributed by atoms with Crippen molar-refractivity contribution in [3.8, 4) is 0 Å². The van der Waals surface area contributed by atoms with Crippen LogP contribution >= 0.6 is 0 Å². The lowest BCUT2D eigenvalue weighted by Crippen LogP contribution is -2.36. The summed E-state index contributed by atoms with van der Waals surface area (Å²) in [6, 6.07) is 3.75. The molecule has 3 N–H and O–H groups in total. The van der Waals surface area contributed by atoms with Gasteiger partial charge < -0.3 is 10.7 Å². The number of aromatic amines is 1. The van der Waals surface area contributed by atoms with Gasteiger partial charge in [-0.15, -0.1) is 0 Å². The molecule has 3 heteroatoms. The van der Waals surface area contributed by atoms with Crippen LogP contribution in [-0.4, -0.2) is 4.98 Å². The summed E-state index contributed by atoms with van der Waals surface area (Å²) in [7, 11) is 0. The summed E-state index contributed by atoms with van der Waals surface area (Å²) in [4.78, 5) is 14.7. The normalized spacial score (nSPS) is 12.9. The Balaban J connectivity index is 3.28. The first kappa shape index (κ1) is 12.0. The first-order chi connectivity index (χ1) is 6.62. The maximum Gasteiger partial charge on any atom is 0.253 e. The van der Waals surface area contributed by atoms with Crippen molar-refractivity contribution in [3.63, 3.8) is 0 Å². The first-order valence-corrected chi connectivity index (χ1v) is 5.15. The molecule has 1 aromatic heterocycles. The van der Waals surface area contributed by atoms with Crippen molar-refractivity contribution in [2.75, 3.05) is 0 Å². The van der Waals surface area contributed by atoms with E-state index >= 15 is 0 Å². The quantitative estimate of drug-likeness (QED) is 0.740. The molecular weight excluding hydrogens is 188 g/mol. The second-order valence-electron chi connectivity index (χ2n) is 5.59. The molecule has 15 heavy (non-hydrogen) atoms. The first-order valence-electron chi connectivity index (χ1n) is 5.15. The van der Waals surface area contributed by atoms with E-state index < -0.39 is 5.54 Å². The molecule has 1 aromatic rings. The van der Waals surface area contributed by atoms with Gasteiger partial charge in [-0.05, 0) is 26.0 Å². The lowest BCUT2D eigenvalue weighted by Gasteiger charge is -2.22. The van der Waals surface area contributed by atoms with Crippen LogP contribution in [0.2, 0.25) is 0 Å². The van der Waals surface area contributed by atoms with Crippen molar-refractivity contribution in [2.24, 2.45) is 5.73 Å². The zero-order valence-electron chi connectivity index (χ0n) is 10.1. The molecule has 0 radical (unpaired) electrons. The van der Waals surface area contributed by atoms with E-state index in [1.807, 2.05) is 26.0 Å². The Hall–Kier alpha value is -1.09. The number of nitrogens with one attached hydrogen (secondary N) is 1. The zero-order chi connectivity index (χ0) is 11.9. The number of pyridine rings is 1. The van der Waals surface area contributed by atoms with Crippen molar-refractivity contribution >= 4 is 0 Å². The van der Waals surface area contributed by atoms with E-state index in [2.05, 4.69) is 25.8 Å². The zero-order valence-corrected chi connectivity index (χ0v) is 10.1. The highest BCUT2D eigenvalue weighted by Gasteiger charge is 2.20. The molecule has 0 spiro atoms. The van der Waals surface area contributed by atoms with E-state index in [1.54, 1.807) is 0 Å². The predicted octanol–water partition coefficient (Wildman–Crippen LogP) is 1.87. The van der Waals surface area contributed by atoms with Gasteiger partial charge in [0.1, 0.15) is 0 Å². The highest BCUT2D eigenvalue weighted by Crippen LogP contribution is 2.20. The fraction of sp³-hybridized carbons (Fsp3) is 0.583.